The van der Waals surface area contributed by atoms with Crippen molar-refractivity contribution < 1.29 is 0 Å². The van der Waals surface area contributed by atoms with Gasteiger partial charge in [0.15, 0.2) is 0 Å². The average Bonchev–Trinajstić information content (AvgIpc) is 2.29. The second-order valence-electron chi connectivity index (χ2n) is 5.72. The van der Waals surface area contributed by atoms with E-state index in [2.05, 4.69) is 39.5 Å². The standard InChI is InChI=1S/C12H25N/c1-10(2)8-12(5)6-7-13(9-12)11(3)4/h10-11H,6-9H2,1-5H3/t12-/m1/s1. The van der Waals surface area contributed by atoms with E-state index in [-0.39, 0.29) is 0 Å². The van der Waals surface area contributed by atoms with E-state index in [1.54, 1.807) is 0 Å². The third kappa shape index (κ3) is 2.98. The van der Waals surface area contributed by atoms with E-state index in [4.69, 9.17) is 0 Å². The molecule has 0 N–H and O–H groups in total. The zero-order chi connectivity index (χ0) is 10.1. The molecule has 78 valence electrons. The molecule has 0 saturated carbocycles. The van der Waals surface area contributed by atoms with Gasteiger partial charge < -0.3 is 4.90 Å². The van der Waals surface area contributed by atoms with Crippen molar-refractivity contribution in [2.24, 2.45) is 11.3 Å². The van der Waals surface area contributed by atoms with Gasteiger partial charge in [0.25, 0.3) is 0 Å². The first-order valence-corrected chi connectivity index (χ1v) is 5.67. The molecule has 0 aliphatic carbocycles. The zero-order valence-corrected chi connectivity index (χ0v) is 9.93. The normalized spacial score (nSPS) is 30.7. The lowest BCUT2D eigenvalue weighted by Crippen LogP contribution is -2.31. The molecule has 1 saturated heterocycles. The van der Waals surface area contributed by atoms with Crippen LogP contribution in [-0.4, -0.2) is 24.0 Å². The summed E-state index contributed by atoms with van der Waals surface area (Å²) in [4.78, 5) is 2.61. The predicted octanol–water partition coefficient (Wildman–Crippen LogP) is 3.15. The Kier molecular flexibility index (Phi) is 3.39. The molecule has 0 radical (unpaired) electrons. The molecule has 13 heavy (non-hydrogen) atoms. The molecule has 1 nitrogen and oxygen atoms in total. The second-order valence-corrected chi connectivity index (χ2v) is 5.72. The van der Waals surface area contributed by atoms with Gasteiger partial charge >= 0.3 is 0 Å². The van der Waals surface area contributed by atoms with E-state index in [1.165, 1.54) is 25.9 Å². The Morgan fingerprint density at radius 3 is 2.23 bits per heavy atom. The van der Waals surface area contributed by atoms with Crippen LogP contribution in [0.3, 0.4) is 0 Å². The highest BCUT2D eigenvalue weighted by atomic mass is 15.2. The molecule has 1 atom stereocenters. The minimum Gasteiger partial charge on any atom is -0.300 e. The molecule has 1 aliphatic rings. The molecule has 1 fully saturated rings. The molecule has 0 aromatic carbocycles. The van der Waals surface area contributed by atoms with Gasteiger partial charge in [-0.05, 0) is 44.6 Å². The number of nitrogens with zero attached hydrogens (tertiary/aromatic N) is 1. The lowest BCUT2D eigenvalue weighted by atomic mass is 9.81. The number of hydrogen-bond donors (Lipinski definition) is 0. The molecular formula is C12H25N. The molecule has 1 rings (SSSR count). The lowest BCUT2D eigenvalue weighted by molar-refractivity contribution is 0.211. The molecule has 0 spiro atoms. The Labute approximate surface area is 83.5 Å². The van der Waals surface area contributed by atoms with Crippen LogP contribution in [0.2, 0.25) is 0 Å². The van der Waals surface area contributed by atoms with Crippen LogP contribution < -0.4 is 0 Å². The van der Waals surface area contributed by atoms with Gasteiger partial charge in [-0.3, -0.25) is 0 Å². The Morgan fingerprint density at radius 2 is 1.85 bits per heavy atom. The summed E-state index contributed by atoms with van der Waals surface area (Å²) in [6, 6.07) is 0.731. The molecule has 1 heteroatoms. The first kappa shape index (κ1) is 11.0. The first-order chi connectivity index (χ1) is 5.93. The van der Waals surface area contributed by atoms with Gasteiger partial charge in [-0.1, -0.05) is 20.8 Å². The molecular weight excluding hydrogens is 158 g/mol. The fraction of sp³-hybridized carbons (Fsp3) is 1.00. The maximum atomic E-state index is 2.61. The van der Waals surface area contributed by atoms with Crippen molar-refractivity contribution in [3.63, 3.8) is 0 Å². The van der Waals surface area contributed by atoms with Crippen molar-refractivity contribution in [3.8, 4) is 0 Å². The summed E-state index contributed by atoms with van der Waals surface area (Å²) in [6.07, 6.45) is 2.78. The zero-order valence-electron chi connectivity index (χ0n) is 9.93. The Hall–Kier alpha value is -0.0400. The minimum absolute atomic E-state index is 0.596. The fourth-order valence-corrected chi connectivity index (χ4v) is 2.65. The lowest BCUT2D eigenvalue weighted by Gasteiger charge is -2.28. The minimum atomic E-state index is 0.596. The highest BCUT2D eigenvalue weighted by Crippen LogP contribution is 2.36. The molecule has 0 unspecified atom stereocenters. The van der Waals surface area contributed by atoms with Crippen LogP contribution in [0.1, 0.15) is 47.5 Å². The summed E-state index contributed by atoms with van der Waals surface area (Å²) < 4.78 is 0. The van der Waals surface area contributed by atoms with E-state index in [1.807, 2.05) is 0 Å². The number of rotatable bonds is 3. The molecule has 0 amide bonds. The summed E-state index contributed by atoms with van der Waals surface area (Å²) in [5.41, 5.74) is 0.596. The molecule has 0 aromatic rings. The fourth-order valence-electron chi connectivity index (χ4n) is 2.65. The monoisotopic (exact) mass is 183 g/mol. The van der Waals surface area contributed by atoms with E-state index < -0.39 is 0 Å². The quantitative estimate of drug-likeness (QED) is 0.649. The van der Waals surface area contributed by atoms with Crippen molar-refractivity contribution in [1.82, 2.24) is 4.90 Å². The van der Waals surface area contributed by atoms with E-state index in [9.17, 15) is 0 Å². The van der Waals surface area contributed by atoms with Crippen molar-refractivity contribution >= 4 is 0 Å². The van der Waals surface area contributed by atoms with Crippen molar-refractivity contribution in [3.05, 3.63) is 0 Å². The van der Waals surface area contributed by atoms with Gasteiger partial charge in [-0.25, -0.2) is 0 Å². The molecule has 1 heterocycles. The third-order valence-corrected chi connectivity index (χ3v) is 3.22. The van der Waals surface area contributed by atoms with Crippen LogP contribution in [0.25, 0.3) is 0 Å². The summed E-state index contributed by atoms with van der Waals surface area (Å²) in [5, 5.41) is 0. The summed E-state index contributed by atoms with van der Waals surface area (Å²) in [7, 11) is 0. The van der Waals surface area contributed by atoms with Crippen LogP contribution >= 0.6 is 0 Å². The predicted molar refractivity (Wildman–Crippen MR) is 58.9 cm³/mol. The van der Waals surface area contributed by atoms with Crippen molar-refractivity contribution in [2.75, 3.05) is 13.1 Å². The second kappa shape index (κ2) is 4.00. The molecule has 1 aliphatic heterocycles. The Balaban J connectivity index is 2.46. The van der Waals surface area contributed by atoms with Crippen molar-refractivity contribution in [2.45, 2.75) is 53.5 Å². The van der Waals surface area contributed by atoms with E-state index >= 15 is 0 Å². The van der Waals surface area contributed by atoms with Gasteiger partial charge in [0.1, 0.15) is 0 Å². The van der Waals surface area contributed by atoms with E-state index in [0.717, 1.165) is 12.0 Å². The molecule has 0 aromatic heterocycles. The van der Waals surface area contributed by atoms with Gasteiger partial charge in [-0.15, -0.1) is 0 Å². The van der Waals surface area contributed by atoms with Crippen LogP contribution in [0.4, 0.5) is 0 Å². The average molecular weight is 183 g/mol. The van der Waals surface area contributed by atoms with Gasteiger partial charge in [0.2, 0.25) is 0 Å². The number of likely N-dealkylation sites (tertiary alicyclic amines) is 1. The maximum Gasteiger partial charge on any atom is 0.00388 e. The SMILES string of the molecule is CC(C)C[C@@]1(C)CCN(C(C)C)C1. The Morgan fingerprint density at radius 1 is 1.23 bits per heavy atom. The topological polar surface area (TPSA) is 3.24 Å². The third-order valence-electron chi connectivity index (χ3n) is 3.22. The summed E-state index contributed by atoms with van der Waals surface area (Å²) >= 11 is 0. The largest absolute Gasteiger partial charge is 0.300 e. The first-order valence-electron chi connectivity index (χ1n) is 5.67. The van der Waals surface area contributed by atoms with Crippen molar-refractivity contribution in [1.29, 1.82) is 0 Å². The Bertz CT molecular complexity index is 163. The van der Waals surface area contributed by atoms with Gasteiger partial charge in [0.05, 0.1) is 0 Å². The van der Waals surface area contributed by atoms with Crippen LogP contribution in [0, 0.1) is 11.3 Å². The van der Waals surface area contributed by atoms with E-state index in [0.29, 0.717) is 5.41 Å². The van der Waals surface area contributed by atoms with Crippen LogP contribution in [-0.2, 0) is 0 Å². The van der Waals surface area contributed by atoms with Gasteiger partial charge in [-0.2, -0.15) is 0 Å². The smallest absolute Gasteiger partial charge is 0.00388 e. The molecule has 0 bridgehead atoms. The van der Waals surface area contributed by atoms with Crippen LogP contribution in [0.5, 0.6) is 0 Å². The highest BCUT2D eigenvalue weighted by Gasteiger charge is 2.34. The summed E-state index contributed by atoms with van der Waals surface area (Å²) in [6.45, 7) is 14.4. The highest BCUT2D eigenvalue weighted by molar-refractivity contribution is 4.88. The maximum absolute atomic E-state index is 2.61. The van der Waals surface area contributed by atoms with Crippen LogP contribution in [0.15, 0.2) is 0 Å². The summed E-state index contributed by atoms with van der Waals surface area (Å²) in [5.74, 6) is 0.845. The number of hydrogen-bond acceptors (Lipinski definition) is 1. The van der Waals surface area contributed by atoms with Gasteiger partial charge in [0, 0.05) is 12.6 Å².